The minimum atomic E-state index is -0.737. The largest absolute Gasteiger partial charge is 0.482 e. The molecule has 0 spiro atoms. The van der Waals surface area contributed by atoms with Crippen molar-refractivity contribution in [2.24, 2.45) is 0 Å². The number of carbonyl (C=O) groups is 1. The predicted octanol–water partition coefficient (Wildman–Crippen LogP) is 3.38. The van der Waals surface area contributed by atoms with E-state index in [2.05, 4.69) is 10.8 Å². The first-order valence-corrected chi connectivity index (χ1v) is 9.63. The Bertz CT molecular complexity index is 835. The van der Waals surface area contributed by atoms with E-state index in [9.17, 15) is 15.2 Å². The van der Waals surface area contributed by atoms with Gasteiger partial charge in [0.25, 0.3) is 0 Å². The Kier molecular flexibility index (Phi) is 8.94. The van der Waals surface area contributed by atoms with Crippen LogP contribution in [0.4, 0.5) is 0 Å². The zero-order chi connectivity index (χ0) is 21.2. The number of aliphatic hydroxyl groups excluding tert-OH is 1. The molecule has 1 N–H and O–H groups in total. The van der Waals surface area contributed by atoms with Crippen molar-refractivity contribution in [2.75, 3.05) is 26.8 Å². The third kappa shape index (κ3) is 7.39. The number of benzene rings is 2. The van der Waals surface area contributed by atoms with Crippen LogP contribution in [0, 0.1) is 11.3 Å². The third-order valence-electron chi connectivity index (χ3n) is 4.58. The van der Waals surface area contributed by atoms with Crippen molar-refractivity contribution in [3.63, 3.8) is 0 Å². The normalized spacial score (nSPS) is 12.8. The maximum Gasteiger partial charge on any atom is 0.343 e. The number of methoxy groups -OCH3 is 1. The maximum absolute atomic E-state index is 11.1. The number of esters is 1. The van der Waals surface area contributed by atoms with Gasteiger partial charge in [-0.05, 0) is 48.7 Å². The highest BCUT2D eigenvalue weighted by Crippen LogP contribution is 2.21. The van der Waals surface area contributed by atoms with E-state index in [1.807, 2.05) is 30.0 Å². The molecule has 0 aliphatic carbocycles. The Morgan fingerprint density at radius 3 is 2.62 bits per heavy atom. The third-order valence-corrected chi connectivity index (χ3v) is 4.81. The number of hydrogen-bond donors (Lipinski definition) is 1. The average Bonchev–Trinajstić information content (AvgIpc) is 2.72. The van der Waals surface area contributed by atoms with E-state index in [0.717, 1.165) is 11.1 Å². The molecule has 0 aliphatic heterocycles. The number of hydrogen-bond acceptors (Lipinski definition) is 6. The fourth-order valence-electron chi connectivity index (χ4n) is 2.93. The van der Waals surface area contributed by atoms with Crippen LogP contribution >= 0.6 is 11.6 Å². The Balaban J connectivity index is 1.97. The summed E-state index contributed by atoms with van der Waals surface area (Å²) < 4.78 is 9.89. The lowest BCUT2D eigenvalue weighted by Crippen LogP contribution is -2.38. The van der Waals surface area contributed by atoms with Gasteiger partial charge in [-0.25, -0.2) is 4.79 Å². The summed E-state index contributed by atoms with van der Waals surface area (Å²) in [7, 11) is 1.31. The minimum absolute atomic E-state index is 0.0327. The van der Waals surface area contributed by atoms with E-state index >= 15 is 0 Å². The van der Waals surface area contributed by atoms with Crippen molar-refractivity contribution in [3.05, 3.63) is 64.7 Å². The number of ether oxygens (including phenoxy) is 2. The van der Waals surface area contributed by atoms with Gasteiger partial charge < -0.3 is 14.6 Å². The van der Waals surface area contributed by atoms with Gasteiger partial charge in [0.2, 0.25) is 0 Å². The fourth-order valence-corrected chi connectivity index (χ4v) is 3.12. The molecule has 154 valence electrons. The first-order chi connectivity index (χ1) is 13.9. The lowest BCUT2D eigenvalue weighted by atomic mass is 10.0. The molecule has 0 aliphatic rings. The van der Waals surface area contributed by atoms with Crippen LogP contribution in [-0.2, 0) is 16.0 Å². The molecule has 2 aromatic rings. The zero-order valence-electron chi connectivity index (χ0n) is 16.5. The summed E-state index contributed by atoms with van der Waals surface area (Å²) in [5.41, 5.74) is 1.78. The van der Waals surface area contributed by atoms with Crippen LogP contribution < -0.4 is 4.74 Å². The van der Waals surface area contributed by atoms with E-state index in [0.29, 0.717) is 23.7 Å². The van der Waals surface area contributed by atoms with Crippen molar-refractivity contribution in [1.29, 1.82) is 5.26 Å². The Morgan fingerprint density at radius 1 is 1.28 bits per heavy atom. The van der Waals surface area contributed by atoms with Gasteiger partial charge in [-0.1, -0.05) is 35.9 Å². The van der Waals surface area contributed by atoms with Crippen LogP contribution in [0.5, 0.6) is 5.75 Å². The number of nitrogens with zero attached hydrogens (tertiary/aromatic N) is 2. The molecular weight excluding hydrogens is 392 g/mol. The lowest BCUT2D eigenvalue weighted by Gasteiger charge is -2.29. The van der Waals surface area contributed by atoms with Gasteiger partial charge in [-0.2, -0.15) is 5.26 Å². The average molecular weight is 417 g/mol. The topological polar surface area (TPSA) is 82.8 Å². The molecule has 0 aromatic heterocycles. The maximum atomic E-state index is 11.1. The fraction of sp³-hybridized carbons (Fsp3) is 0.364. The molecule has 1 unspecified atom stereocenters. The molecule has 0 saturated heterocycles. The number of halogens is 1. The van der Waals surface area contributed by atoms with Gasteiger partial charge in [0.05, 0.1) is 25.8 Å². The van der Waals surface area contributed by atoms with E-state index in [-0.39, 0.29) is 19.2 Å². The van der Waals surface area contributed by atoms with E-state index < -0.39 is 12.1 Å². The van der Waals surface area contributed by atoms with Crippen LogP contribution in [0.3, 0.4) is 0 Å². The Hall–Kier alpha value is -2.59. The van der Waals surface area contributed by atoms with Crippen molar-refractivity contribution in [1.82, 2.24) is 4.90 Å². The molecule has 29 heavy (non-hydrogen) atoms. The molecular formula is C22H25ClN2O4. The highest BCUT2D eigenvalue weighted by Gasteiger charge is 2.19. The molecule has 0 amide bonds. The minimum Gasteiger partial charge on any atom is -0.482 e. The van der Waals surface area contributed by atoms with Gasteiger partial charge in [0.15, 0.2) is 6.61 Å². The second-order valence-corrected chi connectivity index (χ2v) is 7.16. The lowest BCUT2D eigenvalue weighted by molar-refractivity contribution is -0.142. The molecule has 2 aromatic carbocycles. The van der Waals surface area contributed by atoms with Crippen molar-refractivity contribution in [2.45, 2.75) is 25.5 Å². The highest BCUT2D eigenvalue weighted by atomic mass is 35.5. The molecule has 6 nitrogen and oxygen atoms in total. The summed E-state index contributed by atoms with van der Waals surface area (Å²) in [5, 5.41) is 20.3. The van der Waals surface area contributed by atoms with E-state index in [4.69, 9.17) is 16.3 Å². The van der Waals surface area contributed by atoms with E-state index in [1.54, 1.807) is 30.3 Å². The van der Waals surface area contributed by atoms with Gasteiger partial charge >= 0.3 is 5.97 Å². The second kappa shape index (κ2) is 11.4. The zero-order valence-corrected chi connectivity index (χ0v) is 17.3. The number of carbonyl (C=O) groups excluding carboxylic acids is 1. The summed E-state index contributed by atoms with van der Waals surface area (Å²) in [5.74, 6) is 0.144. The molecule has 2 rings (SSSR count). The molecule has 0 bridgehead atoms. The molecule has 2 atom stereocenters. The molecule has 0 radical (unpaired) electrons. The molecule has 0 saturated carbocycles. The summed E-state index contributed by atoms with van der Waals surface area (Å²) in [6.45, 7) is 2.42. The molecule has 0 heterocycles. The Labute approximate surface area is 176 Å². The quantitative estimate of drug-likeness (QED) is 0.472. The Morgan fingerprint density at radius 2 is 2.00 bits per heavy atom. The monoisotopic (exact) mass is 416 g/mol. The number of rotatable bonds is 10. The number of aliphatic hydroxyl groups is 1. The SMILES string of the molecule is COC(=O)COc1ccc(CC(C)N(CC#N)C[C@@H](O)c2cccc(Cl)c2)cc1. The van der Waals surface area contributed by atoms with Crippen LogP contribution in [0.1, 0.15) is 24.2 Å². The summed E-state index contributed by atoms with van der Waals surface area (Å²) in [4.78, 5) is 13.1. The van der Waals surface area contributed by atoms with E-state index in [1.165, 1.54) is 7.11 Å². The van der Waals surface area contributed by atoms with Crippen LogP contribution in [0.2, 0.25) is 5.02 Å². The highest BCUT2D eigenvalue weighted by molar-refractivity contribution is 6.30. The predicted molar refractivity (Wildman–Crippen MR) is 111 cm³/mol. The van der Waals surface area contributed by atoms with Crippen molar-refractivity contribution < 1.29 is 19.4 Å². The molecule has 0 fully saturated rings. The summed E-state index contributed by atoms with van der Waals surface area (Å²) in [6, 6.07) is 16.7. The first kappa shape index (κ1) is 22.7. The van der Waals surface area contributed by atoms with Crippen molar-refractivity contribution >= 4 is 17.6 Å². The van der Waals surface area contributed by atoms with Crippen LogP contribution in [-0.4, -0.2) is 48.8 Å². The summed E-state index contributed by atoms with van der Waals surface area (Å²) >= 11 is 6.00. The van der Waals surface area contributed by atoms with Gasteiger partial charge in [-0.15, -0.1) is 0 Å². The van der Waals surface area contributed by atoms with Gasteiger partial charge in [-0.3, -0.25) is 4.90 Å². The smallest absolute Gasteiger partial charge is 0.343 e. The summed E-state index contributed by atoms with van der Waals surface area (Å²) in [6.07, 6.45) is -0.0417. The number of nitriles is 1. The van der Waals surface area contributed by atoms with Crippen LogP contribution in [0.25, 0.3) is 0 Å². The van der Waals surface area contributed by atoms with Gasteiger partial charge in [0, 0.05) is 17.6 Å². The molecule has 7 heteroatoms. The van der Waals surface area contributed by atoms with Gasteiger partial charge in [0.1, 0.15) is 5.75 Å². The van der Waals surface area contributed by atoms with Crippen molar-refractivity contribution in [3.8, 4) is 11.8 Å². The standard InChI is InChI=1S/C22H25ClN2O4/c1-16(12-17-6-8-20(9-7-17)29-15-22(27)28-2)25(11-10-24)14-21(26)18-4-3-5-19(23)13-18/h3-9,13,16,21,26H,11-12,14-15H2,1-2H3/t16?,21-/m1/s1. The first-order valence-electron chi connectivity index (χ1n) is 9.26. The second-order valence-electron chi connectivity index (χ2n) is 6.72. The van der Waals surface area contributed by atoms with Crippen LogP contribution in [0.15, 0.2) is 48.5 Å².